The summed E-state index contributed by atoms with van der Waals surface area (Å²) in [5.41, 5.74) is 8.76. The van der Waals surface area contributed by atoms with E-state index in [9.17, 15) is 5.11 Å². The van der Waals surface area contributed by atoms with Crippen molar-refractivity contribution in [2.75, 3.05) is 33.5 Å². The summed E-state index contributed by atoms with van der Waals surface area (Å²) >= 11 is 0. The molecule has 0 spiro atoms. The first-order valence-corrected chi connectivity index (χ1v) is 8.22. The number of aryl methyl sites for hydroxylation is 1. The fraction of sp³-hybridized carbons (Fsp3) is 0.389. The average molecular weight is 359 g/mol. The number of methoxy groups -OCH3 is 1. The second-order valence-electron chi connectivity index (χ2n) is 5.75. The molecule has 2 rings (SSSR count). The Morgan fingerprint density at radius 3 is 2.73 bits per heavy atom. The Hall–Kier alpha value is -2.71. The van der Waals surface area contributed by atoms with E-state index in [0.29, 0.717) is 25.5 Å². The van der Waals surface area contributed by atoms with Gasteiger partial charge in [-0.25, -0.2) is 9.98 Å². The van der Waals surface area contributed by atoms with Crippen molar-refractivity contribution in [3.63, 3.8) is 0 Å². The Bertz CT molecular complexity index is 697. The molecule has 1 atom stereocenters. The zero-order chi connectivity index (χ0) is 18.9. The van der Waals surface area contributed by atoms with E-state index in [1.54, 1.807) is 13.4 Å². The van der Waals surface area contributed by atoms with Crippen LogP contribution in [0.3, 0.4) is 0 Å². The van der Waals surface area contributed by atoms with Gasteiger partial charge in [0.2, 0.25) is 0 Å². The molecule has 3 N–H and O–H groups in total. The molecule has 0 saturated carbocycles. The van der Waals surface area contributed by atoms with Crippen molar-refractivity contribution in [2.24, 2.45) is 20.7 Å². The van der Waals surface area contributed by atoms with Crippen LogP contribution in [-0.2, 0) is 9.47 Å². The molecule has 8 nitrogen and oxygen atoms in total. The van der Waals surface area contributed by atoms with E-state index in [1.807, 2.05) is 36.1 Å². The monoisotopic (exact) mass is 359 g/mol. The van der Waals surface area contributed by atoms with Gasteiger partial charge < -0.3 is 25.2 Å². The molecule has 0 aliphatic carbocycles. The Kier molecular flexibility index (Phi) is 7.31. The summed E-state index contributed by atoms with van der Waals surface area (Å²) in [5.74, 6) is 0.198. The fourth-order valence-electron chi connectivity index (χ4n) is 2.42. The number of amidine groups is 1. The number of nitrogens with zero attached hydrogens (tertiary/aromatic N) is 4. The maximum absolute atomic E-state index is 9.80. The van der Waals surface area contributed by atoms with Crippen LogP contribution in [0.2, 0.25) is 0 Å². The van der Waals surface area contributed by atoms with E-state index < -0.39 is 0 Å². The Balaban J connectivity index is 2.09. The lowest BCUT2D eigenvalue weighted by Crippen LogP contribution is -2.28. The molecule has 26 heavy (non-hydrogen) atoms. The molecule has 1 unspecified atom stereocenters. The summed E-state index contributed by atoms with van der Waals surface area (Å²) in [6.45, 7) is 6.54. The quantitative estimate of drug-likeness (QED) is 0.433. The highest BCUT2D eigenvalue weighted by Gasteiger charge is 2.23. The van der Waals surface area contributed by atoms with Gasteiger partial charge in [0.15, 0.2) is 5.82 Å². The Morgan fingerprint density at radius 1 is 1.38 bits per heavy atom. The van der Waals surface area contributed by atoms with Gasteiger partial charge in [-0.15, -0.1) is 0 Å². The molecule has 0 amide bonds. The van der Waals surface area contributed by atoms with Gasteiger partial charge in [-0.3, -0.25) is 0 Å². The molecule has 0 bridgehead atoms. The van der Waals surface area contributed by atoms with Gasteiger partial charge >= 0.3 is 6.02 Å². The number of rotatable bonds is 7. The van der Waals surface area contributed by atoms with Crippen molar-refractivity contribution < 1.29 is 14.6 Å². The van der Waals surface area contributed by atoms with Crippen molar-refractivity contribution >= 4 is 19.1 Å². The van der Waals surface area contributed by atoms with Gasteiger partial charge in [-0.05, 0) is 19.2 Å². The molecule has 1 aliphatic rings. The normalized spacial score (nSPS) is 17.3. The number of hydrogen-bond donors (Lipinski definition) is 2. The molecule has 1 aliphatic heterocycles. The van der Waals surface area contributed by atoms with Crippen molar-refractivity contribution in [2.45, 2.75) is 13.0 Å². The highest BCUT2D eigenvalue weighted by atomic mass is 16.5. The van der Waals surface area contributed by atoms with Crippen LogP contribution in [0.15, 0.2) is 50.8 Å². The molecule has 8 heteroatoms. The molecular formula is C18H25N5O3. The minimum absolute atomic E-state index is 0.0366. The number of benzene rings is 1. The molecule has 140 valence electrons. The number of aliphatic imine (C=N–C) groups is 3. The second-order valence-corrected chi connectivity index (χ2v) is 5.75. The summed E-state index contributed by atoms with van der Waals surface area (Å²) < 4.78 is 10.2. The van der Waals surface area contributed by atoms with Gasteiger partial charge in [0.25, 0.3) is 0 Å². The molecule has 0 fully saturated rings. The predicted octanol–water partition coefficient (Wildman–Crippen LogP) is 1.22. The van der Waals surface area contributed by atoms with Gasteiger partial charge in [0, 0.05) is 7.11 Å². The van der Waals surface area contributed by atoms with Gasteiger partial charge in [-0.2, -0.15) is 4.99 Å². The van der Waals surface area contributed by atoms with Crippen LogP contribution in [-0.4, -0.2) is 62.6 Å². The third kappa shape index (κ3) is 5.14. The highest BCUT2D eigenvalue weighted by molar-refractivity contribution is 5.79. The minimum Gasteiger partial charge on any atom is -0.461 e. The number of aliphatic hydroxyl groups is 1. The topological polar surface area (TPSA) is 105 Å². The number of hydrogen-bond acceptors (Lipinski definition) is 7. The molecule has 0 aromatic heterocycles. The summed E-state index contributed by atoms with van der Waals surface area (Å²) in [6.07, 6.45) is 1.66. The third-order valence-corrected chi connectivity index (χ3v) is 3.90. The van der Waals surface area contributed by atoms with Crippen molar-refractivity contribution in [1.82, 2.24) is 4.90 Å². The molecule has 1 aromatic rings. The van der Waals surface area contributed by atoms with Crippen molar-refractivity contribution in [3.05, 3.63) is 46.9 Å². The van der Waals surface area contributed by atoms with Crippen molar-refractivity contribution in [1.29, 1.82) is 0 Å². The van der Waals surface area contributed by atoms with Crippen LogP contribution in [0, 0.1) is 6.92 Å². The maximum Gasteiger partial charge on any atom is 0.317 e. The Labute approximate surface area is 153 Å². The SMILES string of the molecule is C=N/C(=N\C(N)=C1/CN(C(CO)c2ccc(C)cc2)C=N1)OCCOC. The van der Waals surface area contributed by atoms with Gasteiger partial charge in [0.1, 0.15) is 12.3 Å². The zero-order valence-corrected chi connectivity index (χ0v) is 15.1. The molecule has 1 aromatic carbocycles. The van der Waals surface area contributed by atoms with E-state index >= 15 is 0 Å². The van der Waals surface area contributed by atoms with Crippen LogP contribution in [0.4, 0.5) is 0 Å². The molecule has 0 saturated heterocycles. The van der Waals surface area contributed by atoms with E-state index in [2.05, 4.69) is 21.7 Å². The predicted molar refractivity (Wildman–Crippen MR) is 102 cm³/mol. The first-order chi connectivity index (χ1) is 12.6. The first kappa shape index (κ1) is 19.6. The summed E-state index contributed by atoms with van der Waals surface area (Å²) in [5, 5.41) is 9.80. The molecular weight excluding hydrogens is 334 g/mol. The standard InChI is InChI=1S/C18H25N5O3/c1-13-4-6-14(7-5-13)16(11-24)23-10-15(21-12-23)17(19)22-18(20-2)26-9-8-25-3/h4-7,12,16,24H,2,8-11,19H2,1,3H3/b17-15+,22-18+. The molecule has 0 radical (unpaired) electrons. The average Bonchev–Trinajstić information content (AvgIpc) is 3.13. The van der Waals surface area contributed by atoms with E-state index in [1.165, 1.54) is 0 Å². The van der Waals surface area contributed by atoms with Gasteiger partial charge in [-0.1, -0.05) is 29.8 Å². The summed E-state index contributed by atoms with van der Waals surface area (Å²) in [4.78, 5) is 14.0. The summed E-state index contributed by atoms with van der Waals surface area (Å²) in [6, 6.07) is 7.88. The van der Waals surface area contributed by atoms with Crippen LogP contribution >= 0.6 is 0 Å². The first-order valence-electron chi connectivity index (χ1n) is 8.22. The van der Waals surface area contributed by atoms with Crippen LogP contribution in [0.25, 0.3) is 0 Å². The van der Waals surface area contributed by atoms with Crippen molar-refractivity contribution in [3.8, 4) is 0 Å². The lowest BCUT2D eigenvalue weighted by Gasteiger charge is -2.25. The van der Waals surface area contributed by atoms with E-state index in [4.69, 9.17) is 15.2 Å². The number of ether oxygens (including phenoxy) is 2. The van der Waals surface area contributed by atoms with E-state index in [-0.39, 0.29) is 24.5 Å². The van der Waals surface area contributed by atoms with E-state index in [0.717, 1.165) is 11.1 Å². The maximum atomic E-state index is 9.80. The summed E-state index contributed by atoms with van der Waals surface area (Å²) in [7, 11) is 1.57. The fourth-order valence-corrected chi connectivity index (χ4v) is 2.42. The third-order valence-electron chi connectivity index (χ3n) is 3.90. The lowest BCUT2D eigenvalue weighted by atomic mass is 10.0. The smallest absolute Gasteiger partial charge is 0.317 e. The largest absolute Gasteiger partial charge is 0.461 e. The van der Waals surface area contributed by atoms with Crippen LogP contribution in [0.5, 0.6) is 0 Å². The molecule has 1 heterocycles. The van der Waals surface area contributed by atoms with Crippen LogP contribution < -0.4 is 5.73 Å². The second kappa shape index (κ2) is 9.69. The van der Waals surface area contributed by atoms with Crippen LogP contribution in [0.1, 0.15) is 17.2 Å². The number of nitrogens with two attached hydrogens (primary N) is 1. The minimum atomic E-state index is -0.205. The highest BCUT2D eigenvalue weighted by Crippen LogP contribution is 2.24. The lowest BCUT2D eigenvalue weighted by molar-refractivity contribution is 0.140. The zero-order valence-electron chi connectivity index (χ0n) is 15.1. The van der Waals surface area contributed by atoms with Gasteiger partial charge in [0.05, 0.1) is 32.1 Å². The number of aliphatic hydroxyl groups excluding tert-OH is 1. The Morgan fingerprint density at radius 2 is 2.12 bits per heavy atom.